The van der Waals surface area contributed by atoms with Crippen LogP contribution in [0.25, 0.3) is 0 Å². The van der Waals surface area contributed by atoms with E-state index in [9.17, 15) is 0 Å². The third kappa shape index (κ3) is 2.36. The van der Waals surface area contributed by atoms with E-state index in [1.165, 1.54) is 83.5 Å². The van der Waals surface area contributed by atoms with Crippen LogP contribution in [0.15, 0.2) is 0 Å². The van der Waals surface area contributed by atoms with Crippen LogP contribution in [0.3, 0.4) is 0 Å². The molecule has 0 spiro atoms. The normalized spacial score (nSPS) is 54.0. The summed E-state index contributed by atoms with van der Waals surface area (Å²) < 4.78 is 0. The summed E-state index contributed by atoms with van der Waals surface area (Å²) in [6.07, 6.45) is 18.6. The van der Waals surface area contributed by atoms with Crippen molar-refractivity contribution < 1.29 is 0 Å². The fourth-order valence-electron chi connectivity index (χ4n) is 8.30. The molecule has 1 heteroatoms. The molecule has 0 saturated heterocycles. The third-order valence-electron chi connectivity index (χ3n) is 9.87. The molecule has 4 saturated carbocycles. The second-order valence-corrected chi connectivity index (χ2v) is 10.7. The van der Waals surface area contributed by atoms with E-state index in [1.807, 2.05) is 0 Å². The zero-order valence-corrected chi connectivity index (χ0v) is 16.6. The summed E-state index contributed by atoms with van der Waals surface area (Å²) in [6, 6.07) is 0. The van der Waals surface area contributed by atoms with Crippen molar-refractivity contribution >= 4 is 0 Å². The van der Waals surface area contributed by atoms with Crippen LogP contribution < -0.4 is 5.73 Å². The number of rotatable bonds is 3. The molecule has 4 aliphatic rings. The highest BCUT2D eigenvalue weighted by atomic mass is 14.8. The third-order valence-corrected chi connectivity index (χ3v) is 9.87. The molecule has 0 aromatic rings. The molecule has 0 amide bonds. The van der Waals surface area contributed by atoms with Gasteiger partial charge in [0.15, 0.2) is 0 Å². The monoisotopic (exact) mass is 331 g/mol. The van der Waals surface area contributed by atoms with Gasteiger partial charge in [-0.05, 0) is 92.3 Å². The van der Waals surface area contributed by atoms with Crippen LogP contribution in [0.4, 0.5) is 0 Å². The fourth-order valence-corrected chi connectivity index (χ4v) is 8.30. The lowest BCUT2D eigenvalue weighted by Crippen LogP contribution is -2.64. The smallest absolute Gasteiger partial charge is 0.0211 e. The van der Waals surface area contributed by atoms with Crippen LogP contribution in [-0.2, 0) is 0 Å². The Balaban J connectivity index is 1.57. The summed E-state index contributed by atoms with van der Waals surface area (Å²) in [7, 11) is 0. The van der Waals surface area contributed by atoms with E-state index in [1.54, 1.807) is 0 Å². The highest BCUT2D eigenvalue weighted by Gasteiger charge is 2.61. The Morgan fingerprint density at radius 2 is 1.50 bits per heavy atom. The van der Waals surface area contributed by atoms with Gasteiger partial charge < -0.3 is 5.73 Å². The molecule has 24 heavy (non-hydrogen) atoms. The molecule has 2 N–H and O–H groups in total. The summed E-state index contributed by atoms with van der Waals surface area (Å²) in [5.41, 5.74) is 8.34. The van der Waals surface area contributed by atoms with Crippen LogP contribution in [-0.4, -0.2) is 5.54 Å². The maximum absolute atomic E-state index is 7.06. The summed E-state index contributed by atoms with van der Waals surface area (Å²) >= 11 is 0. The van der Waals surface area contributed by atoms with E-state index in [0.717, 1.165) is 23.7 Å². The summed E-state index contributed by atoms with van der Waals surface area (Å²) in [5, 5.41) is 0. The number of nitrogens with two attached hydrogens (primary N) is 1. The molecule has 4 fully saturated rings. The molecule has 4 rings (SSSR count). The van der Waals surface area contributed by atoms with Crippen molar-refractivity contribution in [2.75, 3.05) is 0 Å². The standard InChI is InChI=1S/C23H41N/c1-4-5-12-21(2)15-10-17-18-11-16-23(24)14-7-6-13-22(23,3)20(18)9-8-19(17)21/h17-20H,4-16,24H2,1-3H3. The Kier molecular flexibility index (Phi) is 4.34. The van der Waals surface area contributed by atoms with Crippen LogP contribution in [0.2, 0.25) is 0 Å². The molecule has 0 bridgehead atoms. The van der Waals surface area contributed by atoms with Crippen molar-refractivity contribution in [2.24, 2.45) is 40.2 Å². The topological polar surface area (TPSA) is 26.0 Å². The van der Waals surface area contributed by atoms with Gasteiger partial charge in [0.2, 0.25) is 0 Å². The second kappa shape index (κ2) is 6.00. The first-order valence-corrected chi connectivity index (χ1v) is 11.2. The number of fused-ring (bicyclic) bond motifs is 5. The first-order chi connectivity index (χ1) is 11.4. The molecule has 0 radical (unpaired) electrons. The average molecular weight is 332 g/mol. The molecule has 1 nitrogen and oxygen atoms in total. The van der Waals surface area contributed by atoms with Crippen LogP contribution in [0.1, 0.15) is 104 Å². The SMILES string of the molecule is CCCCC1(C)CCC2C3CCC4(N)CCCCC4(C)C3CCC21. The van der Waals surface area contributed by atoms with E-state index >= 15 is 0 Å². The van der Waals surface area contributed by atoms with Crippen molar-refractivity contribution in [1.82, 2.24) is 0 Å². The predicted octanol–water partition coefficient (Wildman–Crippen LogP) is 6.31. The first kappa shape index (κ1) is 17.4. The Bertz CT molecular complexity index is 473. The molecular formula is C23H41N. The average Bonchev–Trinajstić information content (AvgIpc) is 2.91. The van der Waals surface area contributed by atoms with Gasteiger partial charge in [-0.3, -0.25) is 0 Å². The van der Waals surface area contributed by atoms with Crippen molar-refractivity contribution in [3.8, 4) is 0 Å². The molecule has 0 aromatic heterocycles. The van der Waals surface area contributed by atoms with Gasteiger partial charge in [0.1, 0.15) is 0 Å². The lowest BCUT2D eigenvalue weighted by atomic mass is 9.44. The van der Waals surface area contributed by atoms with Gasteiger partial charge in [-0.15, -0.1) is 0 Å². The van der Waals surface area contributed by atoms with Gasteiger partial charge in [0.05, 0.1) is 0 Å². The van der Waals surface area contributed by atoms with Crippen LogP contribution >= 0.6 is 0 Å². The largest absolute Gasteiger partial charge is 0.325 e. The number of unbranched alkanes of at least 4 members (excludes halogenated alkanes) is 1. The molecule has 7 unspecified atom stereocenters. The highest BCUT2D eigenvalue weighted by Crippen LogP contribution is 2.66. The lowest BCUT2D eigenvalue weighted by Gasteiger charge is -2.63. The fraction of sp³-hybridized carbons (Fsp3) is 1.00. The minimum absolute atomic E-state index is 0.170. The second-order valence-electron chi connectivity index (χ2n) is 10.7. The zero-order valence-electron chi connectivity index (χ0n) is 16.6. The summed E-state index contributed by atoms with van der Waals surface area (Å²) in [6.45, 7) is 7.61. The quantitative estimate of drug-likeness (QED) is 0.644. The Labute approximate surface area is 150 Å². The van der Waals surface area contributed by atoms with Gasteiger partial charge in [0.25, 0.3) is 0 Å². The highest BCUT2D eigenvalue weighted by molar-refractivity contribution is 5.14. The van der Waals surface area contributed by atoms with Gasteiger partial charge in [-0.25, -0.2) is 0 Å². The number of hydrogen-bond donors (Lipinski definition) is 1. The minimum atomic E-state index is 0.170. The molecule has 0 aliphatic heterocycles. The first-order valence-electron chi connectivity index (χ1n) is 11.2. The van der Waals surface area contributed by atoms with Crippen LogP contribution in [0.5, 0.6) is 0 Å². The van der Waals surface area contributed by atoms with Crippen molar-refractivity contribution in [2.45, 2.75) is 110 Å². The predicted molar refractivity (Wildman–Crippen MR) is 103 cm³/mol. The number of hydrogen-bond acceptors (Lipinski definition) is 1. The zero-order chi connectivity index (χ0) is 17.0. The molecule has 4 aliphatic carbocycles. The Morgan fingerprint density at radius 1 is 0.833 bits per heavy atom. The lowest BCUT2D eigenvalue weighted by molar-refractivity contribution is -0.106. The Hall–Kier alpha value is -0.0400. The van der Waals surface area contributed by atoms with Crippen LogP contribution in [0, 0.1) is 34.5 Å². The van der Waals surface area contributed by atoms with Gasteiger partial charge in [0, 0.05) is 5.54 Å². The molecular weight excluding hydrogens is 290 g/mol. The van der Waals surface area contributed by atoms with Crippen molar-refractivity contribution in [1.29, 1.82) is 0 Å². The van der Waals surface area contributed by atoms with E-state index in [4.69, 9.17) is 5.73 Å². The summed E-state index contributed by atoms with van der Waals surface area (Å²) in [5.74, 6) is 4.01. The summed E-state index contributed by atoms with van der Waals surface area (Å²) in [4.78, 5) is 0. The molecule has 0 heterocycles. The van der Waals surface area contributed by atoms with E-state index in [-0.39, 0.29) is 5.54 Å². The minimum Gasteiger partial charge on any atom is -0.325 e. The van der Waals surface area contributed by atoms with Crippen molar-refractivity contribution in [3.05, 3.63) is 0 Å². The van der Waals surface area contributed by atoms with Crippen molar-refractivity contribution in [3.63, 3.8) is 0 Å². The van der Waals surface area contributed by atoms with Gasteiger partial charge >= 0.3 is 0 Å². The molecule has 7 atom stereocenters. The maximum Gasteiger partial charge on any atom is 0.0211 e. The molecule has 138 valence electrons. The maximum atomic E-state index is 7.06. The van der Waals surface area contributed by atoms with E-state index in [2.05, 4.69) is 20.8 Å². The Morgan fingerprint density at radius 3 is 2.29 bits per heavy atom. The van der Waals surface area contributed by atoms with E-state index in [0.29, 0.717) is 10.8 Å². The van der Waals surface area contributed by atoms with Gasteiger partial charge in [-0.2, -0.15) is 0 Å². The molecule has 0 aromatic carbocycles. The van der Waals surface area contributed by atoms with E-state index < -0.39 is 0 Å². The van der Waals surface area contributed by atoms with Gasteiger partial charge in [-0.1, -0.05) is 46.5 Å².